The molecule has 3 aromatic rings. The molecule has 1 fully saturated rings. The van der Waals surface area contributed by atoms with Crippen LogP contribution in [-0.2, 0) is 10.5 Å². The number of aryl methyl sites for hydroxylation is 2. The zero-order valence-corrected chi connectivity index (χ0v) is 16.0. The Hall–Kier alpha value is -2.68. The van der Waals surface area contributed by atoms with E-state index in [-0.39, 0.29) is 5.91 Å². The van der Waals surface area contributed by atoms with E-state index in [4.69, 9.17) is 4.52 Å². The van der Waals surface area contributed by atoms with E-state index in [0.717, 1.165) is 46.9 Å². The maximum atomic E-state index is 12.3. The summed E-state index contributed by atoms with van der Waals surface area (Å²) >= 11 is 1.53. The van der Waals surface area contributed by atoms with Crippen LogP contribution in [0.3, 0.4) is 0 Å². The van der Waals surface area contributed by atoms with Crippen LogP contribution < -0.4 is 5.32 Å². The fourth-order valence-corrected chi connectivity index (χ4v) is 3.81. The van der Waals surface area contributed by atoms with Gasteiger partial charge in [0.1, 0.15) is 5.76 Å². The van der Waals surface area contributed by atoms with Crippen LogP contribution in [0.25, 0.3) is 11.4 Å². The van der Waals surface area contributed by atoms with E-state index >= 15 is 0 Å². The number of rotatable bonds is 7. The highest BCUT2D eigenvalue weighted by Crippen LogP contribution is 2.36. The van der Waals surface area contributed by atoms with Crippen molar-refractivity contribution in [2.24, 2.45) is 0 Å². The van der Waals surface area contributed by atoms with E-state index in [1.54, 1.807) is 0 Å². The summed E-state index contributed by atoms with van der Waals surface area (Å²) in [7, 11) is 0. The molecule has 8 nitrogen and oxygen atoms in total. The number of hydrogen-bond acceptors (Lipinski definition) is 7. The predicted molar refractivity (Wildman–Crippen MR) is 102 cm³/mol. The molecule has 2 aromatic heterocycles. The zero-order chi connectivity index (χ0) is 18.8. The molecule has 9 heteroatoms. The summed E-state index contributed by atoms with van der Waals surface area (Å²) in [6.45, 7) is 3.80. The van der Waals surface area contributed by atoms with Gasteiger partial charge in [-0.1, -0.05) is 17.3 Å². The molecule has 2 heterocycles. The number of tetrazole rings is 1. The molecule has 0 spiro atoms. The Morgan fingerprint density at radius 1 is 1.37 bits per heavy atom. The molecule has 1 aromatic carbocycles. The quantitative estimate of drug-likeness (QED) is 0.668. The van der Waals surface area contributed by atoms with Gasteiger partial charge >= 0.3 is 0 Å². The molecule has 0 saturated heterocycles. The van der Waals surface area contributed by atoms with E-state index in [9.17, 15) is 4.79 Å². The Balaban J connectivity index is 1.36. The molecule has 1 amide bonds. The van der Waals surface area contributed by atoms with Crippen molar-refractivity contribution >= 4 is 23.4 Å². The summed E-state index contributed by atoms with van der Waals surface area (Å²) in [4.78, 5) is 12.3. The van der Waals surface area contributed by atoms with Gasteiger partial charge in [-0.3, -0.25) is 4.79 Å². The zero-order valence-electron chi connectivity index (χ0n) is 15.2. The van der Waals surface area contributed by atoms with Crippen LogP contribution in [0.4, 0.5) is 5.69 Å². The number of thioether (sulfide) groups is 1. The third kappa shape index (κ3) is 4.02. The average Bonchev–Trinajstić information content (AvgIpc) is 3.30. The number of amides is 1. The second-order valence-electron chi connectivity index (χ2n) is 6.60. The van der Waals surface area contributed by atoms with Gasteiger partial charge in [0.15, 0.2) is 5.82 Å². The van der Waals surface area contributed by atoms with Crippen LogP contribution in [0.5, 0.6) is 0 Å². The lowest BCUT2D eigenvalue weighted by molar-refractivity contribution is -0.113. The van der Waals surface area contributed by atoms with Gasteiger partial charge in [0.2, 0.25) is 5.91 Å². The van der Waals surface area contributed by atoms with Gasteiger partial charge in [-0.2, -0.15) is 0 Å². The molecular formula is C18H20N6O2S. The van der Waals surface area contributed by atoms with Crippen LogP contribution in [-0.4, -0.2) is 37.0 Å². The fourth-order valence-electron chi connectivity index (χ4n) is 2.84. The van der Waals surface area contributed by atoms with E-state index in [0.29, 0.717) is 17.5 Å². The third-order valence-electron chi connectivity index (χ3n) is 4.45. The minimum atomic E-state index is -0.0503. The lowest BCUT2D eigenvalue weighted by atomic mass is 10.2. The summed E-state index contributed by atoms with van der Waals surface area (Å²) in [5.41, 5.74) is 3.57. The van der Waals surface area contributed by atoms with Crippen molar-refractivity contribution < 1.29 is 9.32 Å². The molecular weight excluding hydrogens is 364 g/mol. The molecule has 4 rings (SSSR count). The smallest absolute Gasteiger partial charge is 0.234 e. The highest BCUT2D eigenvalue weighted by atomic mass is 32.2. The average molecular weight is 384 g/mol. The first kappa shape index (κ1) is 17.7. The molecule has 0 atom stereocenters. The normalized spacial score (nSPS) is 13.7. The number of hydrogen-bond donors (Lipinski definition) is 1. The number of nitrogens with one attached hydrogen (secondary N) is 1. The van der Waals surface area contributed by atoms with Crippen molar-refractivity contribution in [2.45, 2.75) is 38.5 Å². The first-order valence-corrected chi connectivity index (χ1v) is 9.95. The minimum Gasteiger partial charge on any atom is -0.361 e. The number of carbonyl (C=O) groups is 1. The monoisotopic (exact) mass is 384 g/mol. The molecule has 27 heavy (non-hydrogen) atoms. The molecule has 1 aliphatic rings. The van der Waals surface area contributed by atoms with E-state index < -0.39 is 0 Å². The topological polar surface area (TPSA) is 98.7 Å². The fraction of sp³-hybridized carbons (Fsp3) is 0.389. The molecule has 0 aliphatic heterocycles. The Bertz CT molecular complexity index is 943. The lowest BCUT2D eigenvalue weighted by Gasteiger charge is -2.08. The first-order chi connectivity index (χ1) is 13.1. The van der Waals surface area contributed by atoms with Gasteiger partial charge in [-0.05, 0) is 49.2 Å². The maximum absolute atomic E-state index is 12.3. The van der Waals surface area contributed by atoms with Crippen molar-refractivity contribution in [3.8, 4) is 11.4 Å². The van der Waals surface area contributed by atoms with Crippen molar-refractivity contribution in [1.29, 1.82) is 0 Å². The number of anilines is 1. The van der Waals surface area contributed by atoms with Gasteiger partial charge in [-0.25, -0.2) is 4.68 Å². The van der Waals surface area contributed by atoms with Crippen molar-refractivity contribution in [2.75, 3.05) is 11.1 Å². The lowest BCUT2D eigenvalue weighted by Crippen LogP contribution is -2.14. The number of carbonyl (C=O) groups excluding carboxylic acids is 1. The maximum Gasteiger partial charge on any atom is 0.234 e. The number of nitrogens with zero attached hydrogens (tertiary/aromatic N) is 5. The van der Waals surface area contributed by atoms with E-state index in [1.165, 1.54) is 11.8 Å². The molecule has 140 valence electrons. The Morgan fingerprint density at radius 2 is 2.22 bits per heavy atom. The molecule has 1 N–H and O–H groups in total. The molecule has 0 radical (unpaired) electrons. The SMILES string of the molecule is Cc1noc(C)c1CSCC(=O)Nc1cccc(-c2nnnn2C2CC2)c1. The van der Waals surface area contributed by atoms with Crippen molar-refractivity contribution in [1.82, 2.24) is 25.4 Å². The highest BCUT2D eigenvalue weighted by Gasteiger charge is 2.28. The van der Waals surface area contributed by atoms with Gasteiger partial charge in [0.05, 0.1) is 17.5 Å². The number of aromatic nitrogens is 5. The van der Waals surface area contributed by atoms with Crippen molar-refractivity contribution in [3.05, 3.63) is 41.3 Å². The van der Waals surface area contributed by atoms with Crippen molar-refractivity contribution in [3.63, 3.8) is 0 Å². The van der Waals surface area contributed by atoms with Crippen LogP contribution in [0.15, 0.2) is 28.8 Å². The van der Waals surface area contributed by atoms with Gasteiger partial charge < -0.3 is 9.84 Å². The Kier molecular flexibility index (Phi) is 4.93. The molecule has 0 bridgehead atoms. The van der Waals surface area contributed by atoms with Crippen LogP contribution in [0.2, 0.25) is 0 Å². The van der Waals surface area contributed by atoms with E-state index in [2.05, 4.69) is 26.0 Å². The largest absolute Gasteiger partial charge is 0.361 e. The van der Waals surface area contributed by atoms with Crippen LogP contribution >= 0.6 is 11.8 Å². The van der Waals surface area contributed by atoms with Gasteiger partial charge in [-0.15, -0.1) is 16.9 Å². The summed E-state index contributed by atoms with van der Waals surface area (Å²) < 4.78 is 7.01. The highest BCUT2D eigenvalue weighted by molar-refractivity contribution is 7.99. The van der Waals surface area contributed by atoms with Crippen LogP contribution in [0.1, 0.15) is 35.9 Å². The van der Waals surface area contributed by atoms with Gasteiger partial charge in [0, 0.05) is 22.6 Å². The first-order valence-electron chi connectivity index (χ1n) is 8.79. The molecule has 0 unspecified atom stereocenters. The minimum absolute atomic E-state index is 0.0503. The number of benzene rings is 1. The third-order valence-corrected chi connectivity index (χ3v) is 5.41. The van der Waals surface area contributed by atoms with Gasteiger partial charge in [0.25, 0.3) is 0 Å². The van der Waals surface area contributed by atoms with E-state index in [1.807, 2.05) is 42.8 Å². The second kappa shape index (κ2) is 7.51. The standard InChI is InChI=1S/C18H20N6O2S/c1-11-16(12(2)26-21-11)9-27-10-17(25)19-14-5-3-4-13(8-14)18-20-22-23-24(18)15-6-7-15/h3-5,8,15H,6-7,9-10H2,1-2H3,(H,19,25). The molecule has 1 aliphatic carbocycles. The Morgan fingerprint density at radius 3 is 2.96 bits per heavy atom. The summed E-state index contributed by atoms with van der Waals surface area (Å²) in [5.74, 6) is 2.55. The summed E-state index contributed by atoms with van der Waals surface area (Å²) in [6.07, 6.45) is 2.22. The Labute approximate surface area is 160 Å². The summed E-state index contributed by atoms with van der Waals surface area (Å²) in [5, 5.41) is 18.9. The molecule has 1 saturated carbocycles. The summed E-state index contributed by atoms with van der Waals surface area (Å²) in [6, 6.07) is 8.02. The predicted octanol–water partition coefficient (Wildman–Crippen LogP) is 3.15. The van der Waals surface area contributed by atoms with Crippen LogP contribution in [0, 0.1) is 13.8 Å². The second-order valence-corrected chi connectivity index (χ2v) is 7.59.